The van der Waals surface area contributed by atoms with Crippen molar-refractivity contribution >= 4 is 57.9 Å². The molecule has 186 valence electrons. The molecule has 0 radical (unpaired) electrons. The maximum atomic E-state index is 11.7. The number of aryl methyl sites for hydroxylation is 1. The Balaban J connectivity index is 1.51. The van der Waals surface area contributed by atoms with Gasteiger partial charge in [0.1, 0.15) is 5.52 Å². The van der Waals surface area contributed by atoms with E-state index in [2.05, 4.69) is 20.2 Å². The van der Waals surface area contributed by atoms with Crippen molar-refractivity contribution in [2.24, 2.45) is 11.7 Å². The Bertz CT molecular complexity index is 1230. The highest BCUT2D eigenvalue weighted by molar-refractivity contribution is 6.44. The predicted octanol–water partition coefficient (Wildman–Crippen LogP) is 4.99. The Morgan fingerprint density at radius 3 is 2.54 bits per heavy atom. The maximum absolute atomic E-state index is 11.7. The van der Waals surface area contributed by atoms with Crippen molar-refractivity contribution in [2.45, 2.75) is 57.5 Å². The van der Waals surface area contributed by atoms with Crippen molar-refractivity contribution in [3.05, 3.63) is 33.9 Å². The number of aromatic nitrogens is 4. The fraction of sp³-hybridized carbons (Fsp3) is 0.500. The third kappa shape index (κ3) is 5.03. The minimum Gasteiger partial charge on any atom is -0.381 e. The Kier molecular flexibility index (Phi) is 7.00. The number of nitrogens with zero attached hydrogens (tertiary/aromatic N) is 4. The first-order valence-corrected chi connectivity index (χ1v) is 12.8. The summed E-state index contributed by atoms with van der Waals surface area (Å²) in [6.45, 7) is 3.37. The standard InChI is InChI=1S/C24H29Cl2N7O2/c1-13-2-7-17(20(26)19(13)25)30-24-31-18-12-28-23(29-15-8-10-35-11-9-15)32-22(18)33(24)16-5-3-14(4-6-16)21(27)34/h2,7,12,14-16H,3-6,8-11H2,1H3,(H2,27,34)(H,30,31)(H,28,29,32). The second kappa shape index (κ2) is 10.2. The third-order valence-corrected chi connectivity index (χ3v) is 7.95. The molecule has 3 aromatic rings. The Hall–Kier alpha value is -2.62. The van der Waals surface area contributed by atoms with Gasteiger partial charge in [-0.05, 0) is 57.1 Å². The van der Waals surface area contributed by atoms with Crippen LogP contribution in [0.4, 0.5) is 17.6 Å². The van der Waals surface area contributed by atoms with Crippen molar-refractivity contribution in [1.82, 2.24) is 19.5 Å². The number of nitrogens with one attached hydrogen (secondary N) is 2. The molecule has 0 unspecified atom stereocenters. The van der Waals surface area contributed by atoms with Gasteiger partial charge in [0.15, 0.2) is 5.65 Å². The van der Waals surface area contributed by atoms with Gasteiger partial charge in [-0.25, -0.2) is 9.97 Å². The minimum absolute atomic E-state index is 0.0943. The molecular formula is C24H29Cl2N7O2. The summed E-state index contributed by atoms with van der Waals surface area (Å²) in [6.07, 6.45) is 6.62. The van der Waals surface area contributed by atoms with Crippen molar-refractivity contribution in [3.63, 3.8) is 0 Å². The number of primary amides is 1. The molecule has 0 bridgehead atoms. The number of hydrogen-bond donors (Lipinski definition) is 3. The molecule has 2 aromatic heterocycles. The smallest absolute Gasteiger partial charge is 0.224 e. The van der Waals surface area contributed by atoms with Crippen LogP contribution in [-0.4, -0.2) is 44.7 Å². The molecule has 1 aliphatic carbocycles. The lowest BCUT2D eigenvalue weighted by molar-refractivity contribution is -0.122. The molecule has 4 N–H and O–H groups in total. The number of anilines is 3. The van der Waals surface area contributed by atoms with Crippen LogP contribution in [0, 0.1) is 12.8 Å². The molecule has 1 aromatic carbocycles. The third-order valence-electron chi connectivity index (χ3n) is 6.97. The predicted molar refractivity (Wildman–Crippen MR) is 137 cm³/mol. The van der Waals surface area contributed by atoms with Crippen LogP contribution in [0.1, 0.15) is 50.1 Å². The summed E-state index contributed by atoms with van der Waals surface area (Å²) in [7, 11) is 0. The van der Waals surface area contributed by atoms with Crippen molar-refractivity contribution in [3.8, 4) is 0 Å². The highest BCUT2D eigenvalue weighted by Crippen LogP contribution is 2.39. The lowest BCUT2D eigenvalue weighted by Gasteiger charge is -2.29. The maximum Gasteiger partial charge on any atom is 0.224 e. The largest absolute Gasteiger partial charge is 0.381 e. The van der Waals surface area contributed by atoms with E-state index in [1.54, 1.807) is 6.20 Å². The number of ether oxygens (including phenoxy) is 1. The van der Waals surface area contributed by atoms with Crippen LogP contribution in [0.25, 0.3) is 11.2 Å². The van der Waals surface area contributed by atoms with Crippen molar-refractivity contribution in [2.75, 3.05) is 23.8 Å². The number of amides is 1. The van der Waals surface area contributed by atoms with E-state index in [4.69, 9.17) is 43.6 Å². The Morgan fingerprint density at radius 1 is 1.09 bits per heavy atom. The number of halogens is 2. The zero-order valence-electron chi connectivity index (χ0n) is 19.6. The van der Waals surface area contributed by atoms with E-state index >= 15 is 0 Å². The zero-order chi connectivity index (χ0) is 24.5. The molecule has 2 aliphatic rings. The SMILES string of the molecule is Cc1ccc(Nc2nc3cnc(NC4CCOCC4)nc3n2C2CCC(C(N)=O)CC2)c(Cl)c1Cl. The van der Waals surface area contributed by atoms with Gasteiger partial charge in [-0.3, -0.25) is 9.36 Å². The average Bonchev–Trinajstić information content (AvgIpc) is 3.22. The van der Waals surface area contributed by atoms with Gasteiger partial charge in [-0.1, -0.05) is 29.3 Å². The van der Waals surface area contributed by atoms with Crippen molar-refractivity contribution < 1.29 is 9.53 Å². The molecule has 1 aliphatic heterocycles. The van der Waals surface area contributed by atoms with Crippen LogP contribution in [0.2, 0.25) is 10.0 Å². The molecule has 35 heavy (non-hydrogen) atoms. The van der Waals surface area contributed by atoms with E-state index in [0.717, 1.165) is 62.9 Å². The molecule has 1 saturated carbocycles. The highest BCUT2D eigenvalue weighted by Gasteiger charge is 2.29. The van der Waals surface area contributed by atoms with Gasteiger partial charge < -0.3 is 21.1 Å². The average molecular weight is 518 g/mol. The van der Waals surface area contributed by atoms with Crippen LogP contribution in [0.5, 0.6) is 0 Å². The summed E-state index contributed by atoms with van der Waals surface area (Å²) in [5, 5.41) is 7.76. The second-order valence-electron chi connectivity index (χ2n) is 9.33. The van der Waals surface area contributed by atoms with E-state index in [9.17, 15) is 4.79 Å². The van der Waals surface area contributed by atoms with Crippen LogP contribution < -0.4 is 16.4 Å². The molecule has 0 spiro atoms. The van der Waals surface area contributed by atoms with Crippen molar-refractivity contribution in [1.29, 1.82) is 0 Å². The van der Waals surface area contributed by atoms with E-state index in [1.807, 2.05) is 19.1 Å². The summed E-state index contributed by atoms with van der Waals surface area (Å²) in [4.78, 5) is 25.9. The first-order chi connectivity index (χ1) is 16.9. The van der Waals surface area contributed by atoms with Gasteiger partial charge in [0, 0.05) is 31.2 Å². The molecule has 3 heterocycles. The number of fused-ring (bicyclic) bond motifs is 1. The molecule has 11 heteroatoms. The fourth-order valence-corrected chi connectivity index (χ4v) is 5.32. The van der Waals surface area contributed by atoms with E-state index in [-0.39, 0.29) is 23.9 Å². The van der Waals surface area contributed by atoms with E-state index < -0.39 is 0 Å². The van der Waals surface area contributed by atoms with Crippen LogP contribution in [0.3, 0.4) is 0 Å². The lowest BCUT2D eigenvalue weighted by atomic mass is 9.85. The minimum atomic E-state index is -0.233. The number of hydrogen-bond acceptors (Lipinski definition) is 7. The first kappa shape index (κ1) is 24.1. The Morgan fingerprint density at radius 2 is 1.83 bits per heavy atom. The number of rotatable bonds is 6. The monoisotopic (exact) mass is 517 g/mol. The van der Waals surface area contributed by atoms with Gasteiger partial charge in [-0.15, -0.1) is 0 Å². The Labute approximate surface area is 213 Å². The lowest BCUT2D eigenvalue weighted by Crippen LogP contribution is -2.29. The van der Waals surface area contributed by atoms with Gasteiger partial charge in [0.25, 0.3) is 0 Å². The van der Waals surface area contributed by atoms with Gasteiger partial charge >= 0.3 is 0 Å². The molecular weight excluding hydrogens is 489 g/mol. The fourth-order valence-electron chi connectivity index (χ4n) is 4.90. The van der Waals surface area contributed by atoms with Gasteiger partial charge in [0.05, 0.1) is 21.9 Å². The number of imidazole rings is 1. The van der Waals surface area contributed by atoms with Crippen LogP contribution >= 0.6 is 23.2 Å². The zero-order valence-corrected chi connectivity index (χ0v) is 21.1. The molecule has 0 atom stereocenters. The number of carbonyl (C=O) groups is 1. The summed E-state index contributed by atoms with van der Waals surface area (Å²) in [5.74, 6) is 0.855. The normalized spacial score (nSPS) is 21.2. The molecule has 1 amide bonds. The quantitative estimate of drug-likeness (QED) is 0.420. The second-order valence-corrected chi connectivity index (χ2v) is 10.1. The summed E-state index contributed by atoms with van der Waals surface area (Å²) >= 11 is 12.9. The molecule has 9 nitrogen and oxygen atoms in total. The summed E-state index contributed by atoms with van der Waals surface area (Å²) in [6, 6.07) is 4.18. The topological polar surface area (TPSA) is 120 Å². The van der Waals surface area contributed by atoms with Crippen LogP contribution in [0.15, 0.2) is 18.3 Å². The first-order valence-electron chi connectivity index (χ1n) is 12.0. The molecule has 1 saturated heterocycles. The number of benzene rings is 1. The highest BCUT2D eigenvalue weighted by atomic mass is 35.5. The van der Waals surface area contributed by atoms with Gasteiger partial charge in [0.2, 0.25) is 17.8 Å². The summed E-state index contributed by atoms with van der Waals surface area (Å²) in [5.41, 5.74) is 8.54. The molecule has 5 rings (SSSR count). The number of carbonyl (C=O) groups excluding carboxylic acids is 1. The number of nitrogens with two attached hydrogens (primary N) is 1. The summed E-state index contributed by atoms with van der Waals surface area (Å²) < 4.78 is 7.57. The van der Waals surface area contributed by atoms with E-state index in [0.29, 0.717) is 33.1 Å². The van der Waals surface area contributed by atoms with E-state index in [1.165, 1.54) is 0 Å². The van der Waals surface area contributed by atoms with Crippen LogP contribution in [-0.2, 0) is 9.53 Å². The van der Waals surface area contributed by atoms with Gasteiger partial charge in [-0.2, -0.15) is 4.98 Å². The molecule has 2 fully saturated rings.